The van der Waals surface area contributed by atoms with Crippen LogP contribution in [0.15, 0.2) is 23.9 Å². The molecule has 3 atom stereocenters. The van der Waals surface area contributed by atoms with Crippen LogP contribution in [0.2, 0.25) is 18.6 Å². The minimum Gasteiger partial charge on any atom is -0.303 e. The van der Waals surface area contributed by atoms with Crippen molar-refractivity contribution in [1.29, 1.82) is 0 Å². The van der Waals surface area contributed by atoms with Gasteiger partial charge in [-0.15, -0.1) is 6.58 Å². The monoisotopic (exact) mass is 222 g/mol. The molecule has 0 saturated heterocycles. The molecule has 0 aromatic heterocycles. The van der Waals surface area contributed by atoms with Crippen molar-refractivity contribution < 1.29 is 4.79 Å². The smallest absolute Gasteiger partial charge is 0.126 e. The van der Waals surface area contributed by atoms with Crippen molar-refractivity contribution in [1.82, 2.24) is 0 Å². The Morgan fingerprint density at radius 2 is 2.07 bits per heavy atom. The van der Waals surface area contributed by atoms with Gasteiger partial charge in [0.2, 0.25) is 0 Å². The molecular formula is C13H22OSi. The van der Waals surface area contributed by atoms with Gasteiger partial charge in [0.25, 0.3) is 0 Å². The Morgan fingerprint density at radius 3 is 2.53 bits per heavy atom. The Morgan fingerprint density at radius 1 is 1.47 bits per heavy atom. The summed E-state index contributed by atoms with van der Waals surface area (Å²) < 4.78 is 0. The molecule has 0 amide bonds. The highest BCUT2D eigenvalue weighted by Gasteiger charge is 2.39. The number of hydrogen-bond acceptors (Lipinski definition) is 1. The SMILES string of the molecule is C=C(C)[Si](C)(C)[C@@H]1C[C@@H](C)C=C[C@H]1C=O. The van der Waals surface area contributed by atoms with Crippen LogP contribution >= 0.6 is 0 Å². The van der Waals surface area contributed by atoms with E-state index in [0.29, 0.717) is 11.5 Å². The Bertz CT molecular complexity index is 291. The second-order valence-electron chi connectivity index (χ2n) is 5.42. The highest BCUT2D eigenvalue weighted by molar-refractivity contribution is 6.85. The molecule has 0 aromatic carbocycles. The lowest BCUT2D eigenvalue weighted by atomic mass is 9.90. The number of carbonyl (C=O) groups excluding carboxylic acids is 1. The molecule has 0 aromatic rings. The topological polar surface area (TPSA) is 17.1 Å². The van der Waals surface area contributed by atoms with Crippen molar-refractivity contribution in [3.8, 4) is 0 Å². The quantitative estimate of drug-likeness (QED) is 0.405. The van der Waals surface area contributed by atoms with E-state index >= 15 is 0 Å². The summed E-state index contributed by atoms with van der Waals surface area (Å²) in [6.45, 7) is 13.1. The standard InChI is InChI=1S/C13H22OSi/c1-10(2)15(4,5)13-8-11(3)6-7-12(13)9-14/h6-7,9,11-13H,1,8H2,2-5H3/t11-,12-,13+/m0/s1. The first-order valence-corrected chi connectivity index (χ1v) is 8.77. The van der Waals surface area contributed by atoms with Gasteiger partial charge in [0.1, 0.15) is 6.29 Å². The van der Waals surface area contributed by atoms with E-state index in [1.54, 1.807) is 0 Å². The van der Waals surface area contributed by atoms with Gasteiger partial charge in [-0.1, -0.05) is 37.4 Å². The Balaban J connectivity index is 2.97. The van der Waals surface area contributed by atoms with E-state index in [4.69, 9.17) is 0 Å². The van der Waals surface area contributed by atoms with Gasteiger partial charge in [-0.3, -0.25) is 0 Å². The predicted octanol–water partition coefficient (Wildman–Crippen LogP) is 3.59. The minimum absolute atomic E-state index is 0.125. The van der Waals surface area contributed by atoms with Crippen LogP contribution in [0.4, 0.5) is 0 Å². The average molecular weight is 222 g/mol. The molecule has 84 valence electrons. The highest BCUT2D eigenvalue weighted by atomic mass is 28.3. The summed E-state index contributed by atoms with van der Waals surface area (Å²) in [4.78, 5) is 11.1. The maximum absolute atomic E-state index is 11.1. The third-order valence-corrected chi connectivity index (χ3v) is 8.61. The summed E-state index contributed by atoms with van der Waals surface area (Å²) in [5, 5.41) is 1.31. The van der Waals surface area contributed by atoms with Crippen molar-refractivity contribution in [2.75, 3.05) is 0 Å². The van der Waals surface area contributed by atoms with Gasteiger partial charge in [-0.05, 0) is 24.8 Å². The number of hydrogen-bond donors (Lipinski definition) is 0. The van der Waals surface area contributed by atoms with Crippen LogP contribution in [0.25, 0.3) is 0 Å². The summed E-state index contributed by atoms with van der Waals surface area (Å²) in [6.07, 6.45) is 6.54. The van der Waals surface area contributed by atoms with E-state index in [1.807, 2.05) is 0 Å². The maximum Gasteiger partial charge on any atom is 0.126 e. The Kier molecular flexibility index (Phi) is 3.71. The number of rotatable bonds is 3. The van der Waals surface area contributed by atoms with Gasteiger partial charge in [0.05, 0.1) is 8.07 Å². The molecule has 1 aliphatic rings. The third kappa shape index (κ3) is 2.48. The van der Waals surface area contributed by atoms with Gasteiger partial charge in [0, 0.05) is 5.92 Å². The number of carbonyl (C=O) groups is 1. The first-order valence-electron chi connectivity index (χ1n) is 5.69. The van der Waals surface area contributed by atoms with E-state index in [0.717, 1.165) is 12.7 Å². The fraction of sp³-hybridized carbons (Fsp3) is 0.615. The number of allylic oxidation sites excluding steroid dienone is 3. The Hall–Kier alpha value is -0.633. The molecule has 0 heterocycles. The largest absolute Gasteiger partial charge is 0.303 e. The molecule has 0 spiro atoms. The van der Waals surface area contributed by atoms with Gasteiger partial charge >= 0.3 is 0 Å². The van der Waals surface area contributed by atoms with E-state index in [1.165, 1.54) is 5.20 Å². The van der Waals surface area contributed by atoms with Crippen molar-refractivity contribution in [3.05, 3.63) is 23.9 Å². The van der Waals surface area contributed by atoms with Crippen LogP contribution in [-0.2, 0) is 4.79 Å². The molecule has 0 radical (unpaired) electrons. The van der Waals surface area contributed by atoms with Gasteiger partial charge in [-0.25, -0.2) is 0 Å². The zero-order valence-electron chi connectivity index (χ0n) is 10.3. The van der Waals surface area contributed by atoms with E-state index in [2.05, 4.69) is 45.7 Å². The van der Waals surface area contributed by atoms with Crippen LogP contribution in [0, 0.1) is 11.8 Å². The summed E-state index contributed by atoms with van der Waals surface area (Å²) in [6, 6.07) is 0. The molecule has 0 N–H and O–H groups in total. The zero-order chi connectivity index (χ0) is 11.6. The molecule has 15 heavy (non-hydrogen) atoms. The maximum atomic E-state index is 11.1. The van der Waals surface area contributed by atoms with Crippen molar-refractivity contribution in [2.45, 2.75) is 38.9 Å². The Labute approximate surface area is 94.3 Å². The highest BCUT2D eigenvalue weighted by Crippen LogP contribution is 2.42. The summed E-state index contributed by atoms with van der Waals surface area (Å²) >= 11 is 0. The predicted molar refractivity (Wildman–Crippen MR) is 68.5 cm³/mol. The molecular weight excluding hydrogens is 200 g/mol. The fourth-order valence-corrected chi connectivity index (χ4v) is 5.07. The minimum atomic E-state index is -1.48. The van der Waals surface area contributed by atoms with E-state index in [-0.39, 0.29) is 5.92 Å². The molecule has 1 nitrogen and oxygen atoms in total. The van der Waals surface area contributed by atoms with Gasteiger partial charge in [0.15, 0.2) is 0 Å². The van der Waals surface area contributed by atoms with Crippen LogP contribution in [0.5, 0.6) is 0 Å². The van der Waals surface area contributed by atoms with Crippen LogP contribution in [0.3, 0.4) is 0 Å². The van der Waals surface area contributed by atoms with Crippen LogP contribution in [-0.4, -0.2) is 14.4 Å². The van der Waals surface area contributed by atoms with Crippen LogP contribution < -0.4 is 0 Å². The lowest BCUT2D eigenvalue weighted by Crippen LogP contribution is -2.40. The van der Waals surface area contributed by atoms with Gasteiger partial charge in [-0.2, -0.15) is 0 Å². The molecule has 2 heteroatoms. The molecule has 0 bridgehead atoms. The zero-order valence-corrected chi connectivity index (χ0v) is 11.3. The second kappa shape index (κ2) is 4.48. The molecule has 0 aliphatic heterocycles. The summed E-state index contributed by atoms with van der Waals surface area (Å²) in [7, 11) is -1.48. The molecule has 1 rings (SSSR count). The van der Waals surface area contributed by atoms with Crippen molar-refractivity contribution >= 4 is 14.4 Å². The first-order chi connectivity index (χ1) is 6.89. The van der Waals surface area contributed by atoms with Crippen molar-refractivity contribution in [2.24, 2.45) is 11.8 Å². The molecule has 0 saturated carbocycles. The van der Waals surface area contributed by atoms with Crippen molar-refractivity contribution in [3.63, 3.8) is 0 Å². The van der Waals surface area contributed by atoms with Gasteiger partial charge < -0.3 is 4.79 Å². The summed E-state index contributed by atoms with van der Waals surface area (Å²) in [5.74, 6) is 0.733. The molecule has 0 fully saturated rings. The first kappa shape index (κ1) is 12.4. The van der Waals surface area contributed by atoms with E-state index in [9.17, 15) is 4.79 Å². The molecule has 0 unspecified atom stereocenters. The lowest BCUT2D eigenvalue weighted by molar-refractivity contribution is -0.110. The fourth-order valence-electron chi connectivity index (χ4n) is 2.32. The van der Waals surface area contributed by atoms with Crippen LogP contribution in [0.1, 0.15) is 20.3 Å². The lowest BCUT2D eigenvalue weighted by Gasteiger charge is -2.39. The summed E-state index contributed by atoms with van der Waals surface area (Å²) in [5.41, 5.74) is 0.535. The van der Waals surface area contributed by atoms with E-state index < -0.39 is 8.07 Å². The average Bonchev–Trinajstić information content (AvgIpc) is 2.17. The normalized spacial score (nSPS) is 31.3. The second-order valence-corrected chi connectivity index (χ2v) is 10.5. The third-order valence-electron chi connectivity index (χ3n) is 3.94. The number of aldehydes is 1. The molecule has 1 aliphatic carbocycles.